The Balaban J connectivity index is 1.63. The SMILES string of the molecule is Cn1cc(CN2CC3CCCC(N)C3C2)cn1. The summed E-state index contributed by atoms with van der Waals surface area (Å²) < 4.78 is 1.88. The van der Waals surface area contributed by atoms with Crippen molar-refractivity contribution in [2.45, 2.75) is 31.8 Å². The highest BCUT2D eigenvalue weighted by Gasteiger charge is 2.38. The van der Waals surface area contributed by atoms with E-state index < -0.39 is 0 Å². The number of hydrogen-bond donors (Lipinski definition) is 1. The predicted octanol–water partition coefficient (Wildman–Crippen LogP) is 0.979. The van der Waals surface area contributed by atoms with Gasteiger partial charge in [0.15, 0.2) is 0 Å². The number of aryl methyl sites for hydroxylation is 1. The lowest BCUT2D eigenvalue weighted by Gasteiger charge is -2.29. The molecule has 0 amide bonds. The van der Waals surface area contributed by atoms with E-state index in [0.717, 1.165) is 18.4 Å². The van der Waals surface area contributed by atoms with Crippen LogP contribution in [0.4, 0.5) is 0 Å². The molecule has 1 aliphatic heterocycles. The molecule has 3 rings (SSSR count). The fraction of sp³-hybridized carbons (Fsp3) is 0.769. The first-order valence-corrected chi connectivity index (χ1v) is 6.68. The van der Waals surface area contributed by atoms with E-state index in [4.69, 9.17) is 5.73 Å². The minimum atomic E-state index is 0.438. The second-order valence-electron chi connectivity index (χ2n) is 5.74. The van der Waals surface area contributed by atoms with Crippen molar-refractivity contribution in [2.24, 2.45) is 24.6 Å². The Morgan fingerprint density at radius 2 is 2.29 bits per heavy atom. The van der Waals surface area contributed by atoms with E-state index >= 15 is 0 Å². The van der Waals surface area contributed by atoms with E-state index in [0.29, 0.717) is 6.04 Å². The molecular formula is C13H22N4. The third-order valence-electron chi connectivity index (χ3n) is 4.39. The number of rotatable bonds is 2. The average Bonchev–Trinajstić information content (AvgIpc) is 2.86. The van der Waals surface area contributed by atoms with E-state index in [1.807, 2.05) is 17.9 Å². The van der Waals surface area contributed by atoms with Crippen LogP contribution in [0.3, 0.4) is 0 Å². The van der Waals surface area contributed by atoms with Crippen LogP contribution in [0, 0.1) is 11.8 Å². The molecule has 2 heterocycles. The van der Waals surface area contributed by atoms with Crippen LogP contribution in [0.2, 0.25) is 0 Å². The van der Waals surface area contributed by atoms with Gasteiger partial charge in [-0.1, -0.05) is 6.42 Å². The Kier molecular flexibility index (Phi) is 2.92. The topological polar surface area (TPSA) is 47.1 Å². The number of nitrogens with two attached hydrogens (primary N) is 1. The van der Waals surface area contributed by atoms with Gasteiger partial charge in [-0.15, -0.1) is 0 Å². The maximum absolute atomic E-state index is 6.24. The first-order chi connectivity index (χ1) is 8.22. The summed E-state index contributed by atoms with van der Waals surface area (Å²) >= 11 is 0. The molecule has 0 spiro atoms. The molecule has 2 aliphatic rings. The summed E-state index contributed by atoms with van der Waals surface area (Å²) in [4.78, 5) is 2.55. The molecule has 17 heavy (non-hydrogen) atoms. The maximum atomic E-state index is 6.24. The van der Waals surface area contributed by atoms with Crippen LogP contribution in [0.25, 0.3) is 0 Å². The summed E-state index contributed by atoms with van der Waals surface area (Å²) in [6.07, 6.45) is 8.01. The zero-order chi connectivity index (χ0) is 11.8. The highest BCUT2D eigenvalue weighted by atomic mass is 15.2. The lowest BCUT2D eigenvalue weighted by molar-refractivity contribution is 0.259. The van der Waals surface area contributed by atoms with Gasteiger partial charge in [0.2, 0.25) is 0 Å². The summed E-state index contributed by atoms with van der Waals surface area (Å²) in [5.41, 5.74) is 7.56. The molecule has 0 bridgehead atoms. The molecule has 1 saturated carbocycles. The number of aromatic nitrogens is 2. The van der Waals surface area contributed by atoms with Gasteiger partial charge in [-0.2, -0.15) is 5.10 Å². The normalized spacial score (nSPS) is 33.9. The zero-order valence-electron chi connectivity index (χ0n) is 10.5. The van der Waals surface area contributed by atoms with Gasteiger partial charge in [-0.25, -0.2) is 0 Å². The molecule has 0 radical (unpaired) electrons. The van der Waals surface area contributed by atoms with Crippen LogP contribution in [0.15, 0.2) is 12.4 Å². The second-order valence-corrected chi connectivity index (χ2v) is 5.74. The van der Waals surface area contributed by atoms with Crippen LogP contribution >= 0.6 is 0 Å². The number of fused-ring (bicyclic) bond motifs is 1. The monoisotopic (exact) mass is 234 g/mol. The first-order valence-electron chi connectivity index (χ1n) is 6.68. The number of nitrogens with zero attached hydrogens (tertiary/aromatic N) is 3. The minimum absolute atomic E-state index is 0.438. The zero-order valence-corrected chi connectivity index (χ0v) is 10.5. The van der Waals surface area contributed by atoms with Crippen LogP contribution in [0.5, 0.6) is 0 Å². The van der Waals surface area contributed by atoms with Crippen molar-refractivity contribution in [2.75, 3.05) is 13.1 Å². The molecule has 1 saturated heterocycles. The van der Waals surface area contributed by atoms with Crippen molar-refractivity contribution < 1.29 is 0 Å². The third kappa shape index (κ3) is 2.24. The van der Waals surface area contributed by atoms with E-state index in [9.17, 15) is 0 Å². The Morgan fingerprint density at radius 3 is 3.00 bits per heavy atom. The Bertz CT molecular complexity index is 387. The van der Waals surface area contributed by atoms with Gasteiger partial charge in [0, 0.05) is 44.5 Å². The summed E-state index contributed by atoms with van der Waals surface area (Å²) in [6, 6.07) is 0.438. The van der Waals surface area contributed by atoms with Gasteiger partial charge >= 0.3 is 0 Å². The standard InChI is InChI=1S/C13H22N4/c1-16-6-10(5-15-16)7-17-8-11-3-2-4-13(14)12(11)9-17/h5-6,11-13H,2-4,7-9,14H2,1H3. The van der Waals surface area contributed by atoms with Crippen molar-refractivity contribution in [3.8, 4) is 0 Å². The lowest BCUT2D eigenvalue weighted by Crippen LogP contribution is -2.38. The predicted molar refractivity (Wildman–Crippen MR) is 67.3 cm³/mol. The van der Waals surface area contributed by atoms with Crippen LogP contribution in [0.1, 0.15) is 24.8 Å². The average molecular weight is 234 g/mol. The maximum Gasteiger partial charge on any atom is 0.0534 e. The third-order valence-corrected chi connectivity index (χ3v) is 4.39. The van der Waals surface area contributed by atoms with Crippen molar-refractivity contribution in [3.63, 3.8) is 0 Å². The highest BCUT2D eigenvalue weighted by molar-refractivity contribution is 5.05. The summed E-state index contributed by atoms with van der Waals surface area (Å²) in [5, 5.41) is 4.23. The van der Waals surface area contributed by atoms with Gasteiger partial charge in [0.1, 0.15) is 0 Å². The van der Waals surface area contributed by atoms with E-state index in [2.05, 4.69) is 16.2 Å². The fourth-order valence-corrected chi connectivity index (χ4v) is 3.55. The first kappa shape index (κ1) is 11.2. The van der Waals surface area contributed by atoms with Gasteiger partial charge < -0.3 is 5.73 Å². The molecule has 3 unspecified atom stereocenters. The number of likely N-dealkylation sites (tertiary alicyclic amines) is 1. The Hall–Kier alpha value is -0.870. The molecule has 3 atom stereocenters. The van der Waals surface area contributed by atoms with Gasteiger partial charge in [0.25, 0.3) is 0 Å². The minimum Gasteiger partial charge on any atom is -0.327 e. The van der Waals surface area contributed by atoms with E-state index in [-0.39, 0.29) is 0 Å². The van der Waals surface area contributed by atoms with E-state index in [1.54, 1.807) is 0 Å². The molecule has 1 aromatic heterocycles. The van der Waals surface area contributed by atoms with Crippen LogP contribution in [-0.2, 0) is 13.6 Å². The van der Waals surface area contributed by atoms with Crippen molar-refractivity contribution in [1.29, 1.82) is 0 Å². The summed E-state index contributed by atoms with van der Waals surface area (Å²) in [5.74, 6) is 1.58. The van der Waals surface area contributed by atoms with Crippen molar-refractivity contribution in [3.05, 3.63) is 18.0 Å². The number of hydrogen-bond acceptors (Lipinski definition) is 3. The molecule has 4 heteroatoms. The Labute approximate surface area is 103 Å². The van der Waals surface area contributed by atoms with Crippen molar-refractivity contribution in [1.82, 2.24) is 14.7 Å². The van der Waals surface area contributed by atoms with Crippen molar-refractivity contribution >= 4 is 0 Å². The van der Waals surface area contributed by atoms with Gasteiger partial charge in [-0.3, -0.25) is 9.58 Å². The van der Waals surface area contributed by atoms with Gasteiger partial charge in [0.05, 0.1) is 6.20 Å². The Morgan fingerprint density at radius 1 is 1.41 bits per heavy atom. The van der Waals surface area contributed by atoms with E-state index in [1.165, 1.54) is 37.9 Å². The molecule has 94 valence electrons. The van der Waals surface area contributed by atoms with Gasteiger partial charge in [-0.05, 0) is 24.7 Å². The molecule has 2 fully saturated rings. The summed E-state index contributed by atoms with van der Waals surface area (Å²) in [7, 11) is 1.98. The molecule has 4 nitrogen and oxygen atoms in total. The summed E-state index contributed by atoms with van der Waals surface area (Å²) in [6.45, 7) is 3.45. The molecule has 1 aliphatic carbocycles. The van der Waals surface area contributed by atoms with Crippen LogP contribution < -0.4 is 5.73 Å². The molecule has 1 aromatic rings. The molecular weight excluding hydrogens is 212 g/mol. The quantitative estimate of drug-likeness (QED) is 0.830. The lowest BCUT2D eigenvalue weighted by atomic mass is 9.78. The highest BCUT2D eigenvalue weighted by Crippen LogP contribution is 2.35. The second kappa shape index (κ2) is 4.42. The smallest absolute Gasteiger partial charge is 0.0534 e. The molecule has 2 N–H and O–H groups in total. The molecule has 0 aromatic carbocycles. The largest absolute Gasteiger partial charge is 0.327 e. The fourth-order valence-electron chi connectivity index (χ4n) is 3.55. The van der Waals surface area contributed by atoms with Crippen LogP contribution in [-0.4, -0.2) is 33.8 Å².